The van der Waals surface area contributed by atoms with Gasteiger partial charge >= 0.3 is 0 Å². The number of thioether (sulfide) groups is 1. The first-order valence-electron chi connectivity index (χ1n) is 7.62. The first-order chi connectivity index (χ1) is 10.3. The van der Waals surface area contributed by atoms with Crippen LogP contribution in [0.4, 0.5) is 0 Å². The van der Waals surface area contributed by atoms with E-state index in [-0.39, 0.29) is 11.2 Å². The van der Waals surface area contributed by atoms with Crippen molar-refractivity contribution in [3.05, 3.63) is 35.9 Å². The number of hydrogen-bond acceptors (Lipinski definition) is 4. The molecule has 0 radical (unpaired) electrons. The Morgan fingerprint density at radius 1 is 1.33 bits per heavy atom. The zero-order valence-electron chi connectivity index (χ0n) is 12.7. The fourth-order valence-electron chi connectivity index (χ4n) is 2.29. The highest BCUT2D eigenvalue weighted by atomic mass is 32.2. The third kappa shape index (κ3) is 6.08. The molecule has 0 saturated carbocycles. The summed E-state index contributed by atoms with van der Waals surface area (Å²) in [7, 11) is 0. The van der Waals surface area contributed by atoms with Gasteiger partial charge < -0.3 is 10.6 Å². The molecule has 5 heteroatoms. The van der Waals surface area contributed by atoms with E-state index in [1.807, 2.05) is 25.1 Å². The van der Waals surface area contributed by atoms with Crippen molar-refractivity contribution in [3.63, 3.8) is 0 Å². The van der Waals surface area contributed by atoms with Gasteiger partial charge in [-0.1, -0.05) is 30.3 Å². The maximum absolute atomic E-state index is 12.0. The lowest BCUT2D eigenvalue weighted by Gasteiger charge is -2.27. The Morgan fingerprint density at radius 2 is 2.05 bits per heavy atom. The molecule has 1 fully saturated rings. The molecule has 0 aromatic heterocycles. The van der Waals surface area contributed by atoms with Crippen LogP contribution < -0.4 is 10.6 Å². The molecule has 2 N–H and O–H groups in total. The van der Waals surface area contributed by atoms with Crippen molar-refractivity contribution in [2.24, 2.45) is 0 Å². The predicted molar refractivity (Wildman–Crippen MR) is 89.5 cm³/mol. The molecular formula is C16H25N3OS. The van der Waals surface area contributed by atoms with Gasteiger partial charge in [-0.05, 0) is 12.5 Å². The van der Waals surface area contributed by atoms with Crippen molar-refractivity contribution in [1.82, 2.24) is 15.5 Å². The summed E-state index contributed by atoms with van der Waals surface area (Å²) < 4.78 is 0. The summed E-state index contributed by atoms with van der Waals surface area (Å²) in [6, 6.07) is 10.3. The average Bonchev–Trinajstić information content (AvgIpc) is 2.54. The lowest BCUT2D eigenvalue weighted by molar-refractivity contribution is -0.120. The van der Waals surface area contributed by atoms with Gasteiger partial charge in [0, 0.05) is 45.0 Å². The molecule has 116 valence electrons. The Labute approximate surface area is 131 Å². The number of piperazine rings is 1. The average molecular weight is 307 g/mol. The van der Waals surface area contributed by atoms with Crippen LogP contribution in [0.2, 0.25) is 0 Å². The van der Waals surface area contributed by atoms with Gasteiger partial charge in [-0.25, -0.2) is 0 Å². The van der Waals surface area contributed by atoms with Crippen LogP contribution in [-0.4, -0.2) is 55.3 Å². The molecule has 0 spiro atoms. The molecule has 1 amide bonds. The third-order valence-corrected chi connectivity index (χ3v) is 4.86. The van der Waals surface area contributed by atoms with Crippen molar-refractivity contribution in [2.75, 3.05) is 39.3 Å². The molecule has 1 saturated heterocycles. The van der Waals surface area contributed by atoms with Gasteiger partial charge in [0.15, 0.2) is 0 Å². The molecule has 21 heavy (non-hydrogen) atoms. The second-order valence-electron chi connectivity index (χ2n) is 5.32. The van der Waals surface area contributed by atoms with Gasteiger partial charge in [-0.15, -0.1) is 11.8 Å². The zero-order chi connectivity index (χ0) is 14.9. The maximum Gasteiger partial charge on any atom is 0.232 e. The molecule has 1 atom stereocenters. The van der Waals surface area contributed by atoms with Crippen LogP contribution in [0.5, 0.6) is 0 Å². The summed E-state index contributed by atoms with van der Waals surface area (Å²) in [5, 5.41) is 6.37. The first-order valence-corrected chi connectivity index (χ1v) is 8.67. The number of carbonyl (C=O) groups is 1. The zero-order valence-corrected chi connectivity index (χ0v) is 13.5. The SMILES string of the molecule is CC(SCc1ccccc1)C(=O)NCCN1CCNCC1. The number of rotatable bonds is 7. The van der Waals surface area contributed by atoms with Gasteiger partial charge in [0.1, 0.15) is 0 Å². The number of carbonyl (C=O) groups excluding carboxylic acids is 1. The Hall–Kier alpha value is -1.04. The van der Waals surface area contributed by atoms with E-state index < -0.39 is 0 Å². The van der Waals surface area contributed by atoms with Crippen LogP contribution in [0.1, 0.15) is 12.5 Å². The van der Waals surface area contributed by atoms with E-state index in [2.05, 4.69) is 27.7 Å². The largest absolute Gasteiger partial charge is 0.354 e. The van der Waals surface area contributed by atoms with Crippen molar-refractivity contribution in [2.45, 2.75) is 17.9 Å². The third-order valence-electron chi connectivity index (χ3n) is 3.65. The minimum Gasteiger partial charge on any atom is -0.354 e. The van der Waals surface area contributed by atoms with Gasteiger partial charge in [0.05, 0.1) is 5.25 Å². The standard InChI is InChI=1S/C16H25N3OS/c1-14(21-13-15-5-3-2-4-6-15)16(20)18-9-12-19-10-7-17-8-11-19/h2-6,14,17H,7-13H2,1H3,(H,18,20). The Bertz CT molecular complexity index is 421. The molecule has 1 heterocycles. The van der Waals surface area contributed by atoms with Crippen LogP contribution in [0, 0.1) is 0 Å². The molecule has 1 unspecified atom stereocenters. The van der Waals surface area contributed by atoms with E-state index in [9.17, 15) is 4.79 Å². The fourth-order valence-corrected chi connectivity index (χ4v) is 3.16. The van der Waals surface area contributed by atoms with E-state index in [1.54, 1.807) is 11.8 Å². The molecule has 1 aliphatic heterocycles. The summed E-state index contributed by atoms with van der Waals surface area (Å²) in [6.07, 6.45) is 0. The highest BCUT2D eigenvalue weighted by molar-refractivity contribution is 7.99. The Kier molecular flexibility index (Phi) is 7.06. The van der Waals surface area contributed by atoms with Gasteiger partial charge in [-0.2, -0.15) is 0 Å². The van der Waals surface area contributed by atoms with Crippen molar-refractivity contribution < 1.29 is 4.79 Å². The molecule has 4 nitrogen and oxygen atoms in total. The lowest BCUT2D eigenvalue weighted by Crippen LogP contribution is -2.46. The summed E-state index contributed by atoms with van der Waals surface area (Å²) in [4.78, 5) is 14.4. The first kappa shape index (κ1) is 16.3. The minimum absolute atomic E-state index is 0.00627. The maximum atomic E-state index is 12.0. The van der Waals surface area contributed by atoms with Crippen LogP contribution >= 0.6 is 11.8 Å². The van der Waals surface area contributed by atoms with E-state index >= 15 is 0 Å². The van der Waals surface area contributed by atoms with Crippen LogP contribution in [0.15, 0.2) is 30.3 Å². The molecule has 1 aliphatic rings. The number of nitrogens with one attached hydrogen (secondary N) is 2. The monoisotopic (exact) mass is 307 g/mol. The number of amides is 1. The molecule has 0 aliphatic carbocycles. The molecule has 1 aromatic carbocycles. The molecule has 0 bridgehead atoms. The van der Waals surface area contributed by atoms with Crippen LogP contribution in [0.25, 0.3) is 0 Å². The highest BCUT2D eigenvalue weighted by Crippen LogP contribution is 2.17. The number of benzene rings is 1. The number of hydrogen-bond donors (Lipinski definition) is 2. The fraction of sp³-hybridized carbons (Fsp3) is 0.562. The van der Waals surface area contributed by atoms with Gasteiger partial charge in [0.25, 0.3) is 0 Å². The van der Waals surface area contributed by atoms with Crippen molar-refractivity contribution in [1.29, 1.82) is 0 Å². The van der Waals surface area contributed by atoms with E-state index in [1.165, 1.54) is 5.56 Å². The van der Waals surface area contributed by atoms with Crippen LogP contribution in [-0.2, 0) is 10.5 Å². The van der Waals surface area contributed by atoms with Crippen LogP contribution in [0.3, 0.4) is 0 Å². The quantitative estimate of drug-likeness (QED) is 0.798. The van der Waals surface area contributed by atoms with Crippen molar-refractivity contribution in [3.8, 4) is 0 Å². The summed E-state index contributed by atoms with van der Waals surface area (Å²) >= 11 is 1.69. The van der Waals surface area contributed by atoms with Gasteiger partial charge in [-0.3, -0.25) is 9.69 Å². The molecular weight excluding hydrogens is 282 g/mol. The number of nitrogens with zero attached hydrogens (tertiary/aromatic N) is 1. The van der Waals surface area contributed by atoms with Crippen molar-refractivity contribution >= 4 is 17.7 Å². The Balaban J connectivity index is 1.60. The summed E-state index contributed by atoms with van der Waals surface area (Å²) in [5.74, 6) is 1.03. The summed E-state index contributed by atoms with van der Waals surface area (Å²) in [5.41, 5.74) is 1.27. The highest BCUT2D eigenvalue weighted by Gasteiger charge is 2.14. The smallest absolute Gasteiger partial charge is 0.232 e. The van der Waals surface area contributed by atoms with Gasteiger partial charge in [0.2, 0.25) is 5.91 Å². The minimum atomic E-state index is -0.00627. The second-order valence-corrected chi connectivity index (χ2v) is 6.65. The van der Waals surface area contributed by atoms with E-state index in [0.717, 1.165) is 45.0 Å². The normalized spacial score (nSPS) is 17.4. The molecule has 2 rings (SSSR count). The lowest BCUT2D eigenvalue weighted by atomic mass is 10.2. The summed E-state index contributed by atoms with van der Waals surface area (Å²) in [6.45, 7) is 7.93. The topological polar surface area (TPSA) is 44.4 Å². The predicted octanol–water partition coefficient (Wildman–Crippen LogP) is 1.33. The Morgan fingerprint density at radius 3 is 2.76 bits per heavy atom. The second kappa shape index (κ2) is 9.07. The van der Waals surface area contributed by atoms with E-state index in [4.69, 9.17) is 0 Å². The van der Waals surface area contributed by atoms with E-state index in [0.29, 0.717) is 0 Å². The molecule has 1 aromatic rings.